The number of anilines is 1. The Balaban J connectivity index is 1.86. The van der Waals surface area contributed by atoms with E-state index in [1.54, 1.807) is 61.5 Å². The van der Waals surface area contributed by atoms with Crippen LogP contribution in [0, 0.1) is 13.8 Å². The largest absolute Gasteiger partial charge is 0.350 e. The second kappa shape index (κ2) is 14.7. The molecular formula is C36H39Cl2N3O4S. The summed E-state index contributed by atoms with van der Waals surface area (Å²) >= 11 is 13.2. The van der Waals surface area contributed by atoms with Gasteiger partial charge in [0.2, 0.25) is 11.8 Å². The van der Waals surface area contributed by atoms with Crippen molar-refractivity contribution in [3.05, 3.63) is 129 Å². The van der Waals surface area contributed by atoms with Gasteiger partial charge in [0, 0.05) is 34.1 Å². The molecule has 0 aliphatic rings. The number of hydrogen-bond donors (Lipinski definition) is 1. The van der Waals surface area contributed by atoms with Crippen LogP contribution in [0.4, 0.5) is 5.69 Å². The molecule has 10 heteroatoms. The summed E-state index contributed by atoms with van der Waals surface area (Å²) in [5, 5.41) is 3.66. The maximum absolute atomic E-state index is 14.7. The molecule has 46 heavy (non-hydrogen) atoms. The van der Waals surface area contributed by atoms with E-state index in [0.29, 0.717) is 26.9 Å². The zero-order valence-electron chi connectivity index (χ0n) is 26.6. The van der Waals surface area contributed by atoms with Crippen molar-refractivity contribution >= 4 is 50.7 Å². The molecule has 0 saturated carbocycles. The summed E-state index contributed by atoms with van der Waals surface area (Å²) in [4.78, 5) is 30.1. The molecule has 0 radical (unpaired) electrons. The summed E-state index contributed by atoms with van der Waals surface area (Å²) in [6, 6.07) is 26.8. The fraction of sp³-hybridized carbons (Fsp3) is 0.278. The number of sulfonamides is 1. The summed E-state index contributed by atoms with van der Waals surface area (Å²) in [5.74, 6) is -0.989. The molecule has 242 valence electrons. The molecule has 0 heterocycles. The monoisotopic (exact) mass is 679 g/mol. The number of para-hydroxylation sites is 1. The summed E-state index contributed by atoms with van der Waals surface area (Å²) in [7, 11) is -4.21. The molecule has 0 aliphatic heterocycles. The van der Waals surface area contributed by atoms with E-state index in [2.05, 4.69) is 5.32 Å². The molecule has 0 aromatic heterocycles. The molecule has 0 bridgehead atoms. The first-order valence-electron chi connectivity index (χ1n) is 14.9. The molecule has 7 nitrogen and oxygen atoms in total. The van der Waals surface area contributed by atoms with Crippen LogP contribution in [0.1, 0.15) is 43.0 Å². The second-order valence-corrected chi connectivity index (χ2v) is 15.0. The van der Waals surface area contributed by atoms with Crippen LogP contribution in [0.2, 0.25) is 10.0 Å². The van der Waals surface area contributed by atoms with Crippen molar-refractivity contribution in [2.75, 3.05) is 10.8 Å². The Morgan fingerprint density at radius 3 is 1.98 bits per heavy atom. The van der Waals surface area contributed by atoms with Crippen molar-refractivity contribution in [2.24, 2.45) is 0 Å². The van der Waals surface area contributed by atoms with Gasteiger partial charge in [0.05, 0.1) is 10.6 Å². The van der Waals surface area contributed by atoms with E-state index >= 15 is 0 Å². The molecule has 4 aromatic carbocycles. The lowest BCUT2D eigenvalue weighted by molar-refractivity contribution is -0.140. The summed E-state index contributed by atoms with van der Waals surface area (Å²) in [5.41, 5.74) is 2.58. The van der Waals surface area contributed by atoms with Crippen LogP contribution < -0.4 is 9.62 Å². The van der Waals surface area contributed by atoms with Gasteiger partial charge in [-0.15, -0.1) is 0 Å². The quantitative estimate of drug-likeness (QED) is 0.179. The minimum absolute atomic E-state index is 0.0427. The van der Waals surface area contributed by atoms with Gasteiger partial charge in [-0.3, -0.25) is 13.9 Å². The molecule has 4 rings (SSSR count). The number of carbonyl (C=O) groups excluding carboxylic acids is 2. The molecule has 1 N–H and O–H groups in total. The zero-order chi connectivity index (χ0) is 33.6. The summed E-state index contributed by atoms with van der Waals surface area (Å²) in [6.07, 6.45) is 0.172. The molecule has 0 spiro atoms. The Labute approximate surface area is 282 Å². The van der Waals surface area contributed by atoms with E-state index in [4.69, 9.17) is 23.2 Å². The minimum atomic E-state index is -4.21. The lowest BCUT2D eigenvalue weighted by Gasteiger charge is -2.36. The van der Waals surface area contributed by atoms with E-state index in [9.17, 15) is 18.0 Å². The van der Waals surface area contributed by atoms with Gasteiger partial charge in [0.1, 0.15) is 12.6 Å². The Bertz CT molecular complexity index is 1770. The highest BCUT2D eigenvalue weighted by Gasteiger charge is 2.36. The Morgan fingerprint density at radius 2 is 1.39 bits per heavy atom. The van der Waals surface area contributed by atoms with Gasteiger partial charge in [-0.2, -0.15) is 0 Å². The third-order valence-electron chi connectivity index (χ3n) is 7.43. The first-order chi connectivity index (χ1) is 21.7. The zero-order valence-corrected chi connectivity index (χ0v) is 29.0. The Kier molecular flexibility index (Phi) is 11.2. The van der Waals surface area contributed by atoms with Crippen molar-refractivity contribution in [1.29, 1.82) is 0 Å². The molecule has 0 fully saturated rings. The SMILES string of the molecule is Cc1ccc(S(=O)(=O)N(CC(=O)N(Cc2c(Cl)cccc2Cl)C(Cc2ccccc2)C(=O)NC(C)(C)C)c2ccccc2C)cc1. The highest BCUT2D eigenvalue weighted by molar-refractivity contribution is 7.92. The smallest absolute Gasteiger partial charge is 0.264 e. The van der Waals surface area contributed by atoms with Gasteiger partial charge < -0.3 is 10.2 Å². The van der Waals surface area contributed by atoms with Crippen molar-refractivity contribution in [3.8, 4) is 0 Å². The number of hydrogen-bond acceptors (Lipinski definition) is 4. The molecule has 1 unspecified atom stereocenters. The average molecular weight is 681 g/mol. The van der Waals surface area contributed by atoms with Crippen LogP contribution in [0.5, 0.6) is 0 Å². The number of nitrogens with one attached hydrogen (secondary N) is 1. The first kappa shape index (κ1) is 35.0. The van der Waals surface area contributed by atoms with E-state index < -0.39 is 40.0 Å². The van der Waals surface area contributed by atoms with Crippen LogP contribution in [0.25, 0.3) is 0 Å². The molecule has 2 amide bonds. The number of halogens is 2. The molecule has 0 saturated heterocycles. The van der Waals surface area contributed by atoms with Crippen LogP contribution in [-0.2, 0) is 32.6 Å². The number of benzene rings is 4. The fourth-order valence-corrected chi connectivity index (χ4v) is 7.05. The standard InChI is InChI=1S/C36H39Cl2N3O4S/c1-25-18-20-28(21-19-25)46(44,45)41(32-17-10-9-12-26(32)2)24-34(42)40(23-29-30(37)15-11-16-31(29)38)33(35(43)39-36(3,4)5)22-27-13-7-6-8-14-27/h6-21,33H,22-24H2,1-5H3,(H,39,43). The molecule has 1 atom stereocenters. The Hall–Kier alpha value is -3.85. The lowest BCUT2D eigenvalue weighted by atomic mass is 10.0. The number of nitrogens with zero attached hydrogens (tertiary/aromatic N) is 2. The first-order valence-corrected chi connectivity index (χ1v) is 17.1. The van der Waals surface area contributed by atoms with E-state index in [-0.39, 0.29) is 17.9 Å². The molecule has 0 aliphatic carbocycles. The normalized spacial score (nSPS) is 12.3. The van der Waals surface area contributed by atoms with Gasteiger partial charge in [-0.05, 0) is 76.1 Å². The summed E-state index contributed by atoms with van der Waals surface area (Å²) in [6.45, 7) is 8.52. The fourth-order valence-electron chi connectivity index (χ4n) is 5.05. The number of aryl methyl sites for hydroxylation is 2. The van der Waals surface area contributed by atoms with Crippen LogP contribution in [-0.4, -0.2) is 43.3 Å². The minimum Gasteiger partial charge on any atom is -0.350 e. The topological polar surface area (TPSA) is 86.8 Å². The predicted octanol–water partition coefficient (Wildman–Crippen LogP) is 7.36. The third kappa shape index (κ3) is 8.69. The Morgan fingerprint density at radius 1 is 0.804 bits per heavy atom. The van der Waals surface area contributed by atoms with E-state index in [1.165, 1.54) is 17.0 Å². The van der Waals surface area contributed by atoms with Gasteiger partial charge >= 0.3 is 0 Å². The van der Waals surface area contributed by atoms with Crippen LogP contribution in [0.15, 0.2) is 102 Å². The highest BCUT2D eigenvalue weighted by atomic mass is 35.5. The number of amides is 2. The highest BCUT2D eigenvalue weighted by Crippen LogP contribution is 2.30. The van der Waals surface area contributed by atoms with Gasteiger partial charge in [0.15, 0.2) is 0 Å². The second-order valence-electron chi connectivity index (χ2n) is 12.3. The summed E-state index contributed by atoms with van der Waals surface area (Å²) < 4.78 is 29.6. The van der Waals surface area contributed by atoms with Crippen molar-refractivity contribution in [3.63, 3.8) is 0 Å². The average Bonchev–Trinajstić information content (AvgIpc) is 2.99. The molecule has 4 aromatic rings. The third-order valence-corrected chi connectivity index (χ3v) is 9.91. The van der Waals surface area contributed by atoms with Crippen molar-refractivity contribution < 1.29 is 18.0 Å². The van der Waals surface area contributed by atoms with Gasteiger partial charge in [-0.25, -0.2) is 8.42 Å². The molecular weight excluding hydrogens is 641 g/mol. The van der Waals surface area contributed by atoms with E-state index in [1.807, 2.05) is 58.0 Å². The van der Waals surface area contributed by atoms with Crippen molar-refractivity contribution in [2.45, 2.75) is 64.1 Å². The maximum Gasteiger partial charge on any atom is 0.264 e. The van der Waals surface area contributed by atoms with Crippen LogP contribution in [0.3, 0.4) is 0 Å². The van der Waals surface area contributed by atoms with Crippen molar-refractivity contribution in [1.82, 2.24) is 10.2 Å². The van der Waals surface area contributed by atoms with Gasteiger partial charge in [0.25, 0.3) is 10.0 Å². The van der Waals surface area contributed by atoms with E-state index in [0.717, 1.165) is 15.4 Å². The number of rotatable bonds is 11. The number of carbonyl (C=O) groups is 2. The van der Waals surface area contributed by atoms with Gasteiger partial charge in [-0.1, -0.05) is 95.5 Å². The predicted molar refractivity (Wildman–Crippen MR) is 186 cm³/mol. The maximum atomic E-state index is 14.7. The van der Waals surface area contributed by atoms with Crippen LogP contribution >= 0.6 is 23.2 Å². The lowest BCUT2D eigenvalue weighted by Crippen LogP contribution is -2.56.